The molecular formula is C17H15BrF3NO2. The third kappa shape index (κ3) is 5.26. The Labute approximate surface area is 146 Å². The van der Waals surface area contributed by atoms with E-state index in [1.807, 2.05) is 0 Å². The summed E-state index contributed by atoms with van der Waals surface area (Å²) in [6.45, 7) is -1.16. The smallest absolute Gasteiger partial charge is 0.387 e. The number of rotatable bonds is 6. The Bertz CT molecular complexity index is 725. The van der Waals surface area contributed by atoms with Gasteiger partial charge in [0.1, 0.15) is 11.6 Å². The van der Waals surface area contributed by atoms with Gasteiger partial charge in [0, 0.05) is 0 Å². The van der Waals surface area contributed by atoms with Crippen molar-refractivity contribution in [2.24, 2.45) is 0 Å². The first-order valence-corrected chi connectivity index (χ1v) is 7.92. The number of hydrogen-bond acceptors (Lipinski definition) is 2. The highest BCUT2D eigenvalue weighted by Crippen LogP contribution is 2.21. The molecule has 128 valence electrons. The maximum atomic E-state index is 13.2. The van der Waals surface area contributed by atoms with Crippen LogP contribution in [0.5, 0.6) is 5.75 Å². The Morgan fingerprint density at radius 2 is 2.00 bits per heavy atom. The van der Waals surface area contributed by atoms with Gasteiger partial charge in [-0.05, 0) is 58.2 Å². The summed E-state index contributed by atoms with van der Waals surface area (Å²) in [4.78, 5) is 12.1. The Morgan fingerprint density at radius 3 is 2.67 bits per heavy atom. The minimum absolute atomic E-state index is 0.0334. The molecule has 0 spiro atoms. The highest BCUT2D eigenvalue weighted by atomic mass is 79.9. The van der Waals surface area contributed by atoms with Gasteiger partial charge in [0.2, 0.25) is 5.91 Å². The van der Waals surface area contributed by atoms with Gasteiger partial charge in [0.25, 0.3) is 0 Å². The molecule has 3 nitrogen and oxygen atoms in total. The first kappa shape index (κ1) is 18.3. The van der Waals surface area contributed by atoms with Crippen LogP contribution in [0.15, 0.2) is 46.9 Å². The van der Waals surface area contributed by atoms with Gasteiger partial charge in [-0.2, -0.15) is 8.78 Å². The fourth-order valence-electron chi connectivity index (χ4n) is 2.17. The number of alkyl halides is 2. The molecular weight excluding hydrogens is 387 g/mol. The Kier molecular flexibility index (Phi) is 6.25. The second kappa shape index (κ2) is 8.19. The van der Waals surface area contributed by atoms with Gasteiger partial charge >= 0.3 is 6.61 Å². The van der Waals surface area contributed by atoms with Crippen molar-refractivity contribution in [3.05, 3.63) is 63.9 Å². The van der Waals surface area contributed by atoms with Gasteiger partial charge in [0.05, 0.1) is 16.9 Å². The third-order valence-corrected chi connectivity index (χ3v) is 3.92. The largest absolute Gasteiger partial charge is 0.435 e. The quantitative estimate of drug-likeness (QED) is 0.767. The summed E-state index contributed by atoms with van der Waals surface area (Å²) in [5.41, 5.74) is 1.30. The first-order valence-electron chi connectivity index (χ1n) is 7.13. The van der Waals surface area contributed by atoms with E-state index in [1.54, 1.807) is 19.1 Å². The van der Waals surface area contributed by atoms with E-state index in [9.17, 15) is 18.0 Å². The van der Waals surface area contributed by atoms with Crippen LogP contribution in [-0.4, -0.2) is 12.5 Å². The number of nitrogens with one attached hydrogen (secondary N) is 1. The maximum absolute atomic E-state index is 13.2. The third-order valence-electron chi connectivity index (χ3n) is 3.31. The molecule has 0 aliphatic carbocycles. The van der Waals surface area contributed by atoms with Gasteiger partial charge in [-0.15, -0.1) is 0 Å². The van der Waals surface area contributed by atoms with Crippen LogP contribution in [0.25, 0.3) is 0 Å². The molecule has 0 saturated carbocycles. The molecule has 1 unspecified atom stereocenters. The number of benzene rings is 2. The molecule has 0 bridgehead atoms. The molecule has 0 heterocycles. The number of ether oxygens (including phenoxy) is 1. The van der Waals surface area contributed by atoms with Crippen molar-refractivity contribution in [1.29, 1.82) is 0 Å². The molecule has 0 aromatic heterocycles. The minimum Gasteiger partial charge on any atom is -0.435 e. The van der Waals surface area contributed by atoms with E-state index in [0.29, 0.717) is 11.1 Å². The molecule has 0 radical (unpaired) electrons. The van der Waals surface area contributed by atoms with Crippen molar-refractivity contribution in [1.82, 2.24) is 5.32 Å². The van der Waals surface area contributed by atoms with Gasteiger partial charge in [0.15, 0.2) is 0 Å². The summed E-state index contributed by atoms with van der Waals surface area (Å²) >= 11 is 3.07. The van der Waals surface area contributed by atoms with Crippen LogP contribution in [0.3, 0.4) is 0 Å². The van der Waals surface area contributed by atoms with E-state index in [1.165, 1.54) is 30.3 Å². The van der Waals surface area contributed by atoms with E-state index < -0.39 is 12.4 Å². The van der Waals surface area contributed by atoms with Crippen LogP contribution in [0.2, 0.25) is 0 Å². The zero-order chi connectivity index (χ0) is 17.7. The standard InChI is InChI=1S/C17H15BrF3NO2/c1-10(12-3-2-4-13(9-12)24-17(20)21)22-16(23)8-11-5-6-15(19)14(18)7-11/h2-7,9-10,17H,8H2,1H3,(H,22,23). The van der Waals surface area contributed by atoms with Crippen LogP contribution in [0.4, 0.5) is 13.2 Å². The van der Waals surface area contributed by atoms with Crippen LogP contribution < -0.4 is 10.1 Å². The summed E-state index contributed by atoms with van der Waals surface area (Å²) in [5.74, 6) is -0.629. The Morgan fingerprint density at radius 1 is 1.25 bits per heavy atom. The van der Waals surface area contributed by atoms with Gasteiger partial charge < -0.3 is 10.1 Å². The number of carbonyl (C=O) groups is 1. The van der Waals surface area contributed by atoms with Crippen LogP contribution in [0.1, 0.15) is 24.1 Å². The lowest BCUT2D eigenvalue weighted by Crippen LogP contribution is -2.28. The number of hydrogen-bond donors (Lipinski definition) is 1. The molecule has 2 aromatic carbocycles. The lowest BCUT2D eigenvalue weighted by atomic mass is 10.1. The Balaban J connectivity index is 1.99. The predicted molar refractivity (Wildman–Crippen MR) is 87.4 cm³/mol. The van der Waals surface area contributed by atoms with Crippen molar-refractivity contribution in [3.8, 4) is 5.75 Å². The molecule has 1 amide bonds. The average molecular weight is 402 g/mol. The fraction of sp³-hybridized carbons (Fsp3) is 0.235. The molecule has 0 saturated heterocycles. The van der Waals surface area contributed by atoms with Crippen LogP contribution >= 0.6 is 15.9 Å². The molecule has 7 heteroatoms. The van der Waals surface area contributed by atoms with Crippen molar-refractivity contribution in [2.45, 2.75) is 26.0 Å². The topological polar surface area (TPSA) is 38.3 Å². The Hall–Kier alpha value is -2.02. The normalized spacial score (nSPS) is 12.1. The zero-order valence-corrected chi connectivity index (χ0v) is 14.3. The van der Waals surface area contributed by atoms with E-state index in [0.717, 1.165) is 0 Å². The molecule has 0 fully saturated rings. The number of halogens is 4. The number of amides is 1. The van der Waals surface area contributed by atoms with Crippen molar-refractivity contribution < 1.29 is 22.7 Å². The van der Waals surface area contributed by atoms with E-state index in [4.69, 9.17) is 0 Å². The van der Waals surface area contributed by atoms with E-state index in [-0.39, 0.29) is 28.6 Å². The second-order valence-electron chi connectivity index (χ2n) is 5.17. The van der Waals surface area contributed by atoms with Crippen molar-refractivity contribution in [2.75, 3.05) is 0 Å². The average Bonchev–Trinajstić information content (AvgIpc) is 2.50. The maximum Gasteiger partial charge on any atom is 0.387 e. The molecule has 1 N–H and O–H groups in total. The molecule has 0 aliphatic rings. The van der Waals surface area contributed by atoms with E-state index in [2.05, 4.69) is 26.0 Å². The van der Waals surface area contributed by atoms with Gasteiger partial charge in [-0.3, -0.25) is 4.79 Å². The summed E-state index contributed by atoms with van der Waals surface area (Å²) in [6, 6.07) is 10.1. The minimum atomic E-state index is -2.90. The molecule has 1 atom stereocenters. The summed E-state index contributed by atoms with van der Waals surface area (Å²) in [7, 11) is 0. The summed E-state index contributed by atoms with van der Waals surface area (Å²) in [5, 5.41) is 2.77. The molecule has 2 rings (SSSR count). The fourth-order valence-corrected chi connectivity index (χ4v) is 2.60. The molecule has 2 aromatic rings. The summed E-state index contributed by atoms with van der Waals surface area (Å²) in [6.07, 6.45) is 0.0798. The van der Waals surface area contributed by atoms with Crippen LogP contribution in [0, 0.1) is 5.82 Å². The van der Waals surface area contributed by atoms with Crippen LogP contribution in [-0.2, 0) is 11.2 Å². The summed E-state index contributed by atoms with van der Waals surface area (Å²) < 4.78 is 42.3. The second-order valence-corrected chi connectivity index (χ2v) is 6.02. The lowest BCUT2D eigenvalue weighted by Gasteiger charge is -2.15. The van der Waals surface area contributed by atoms with E-state index >= 15 is 0 Å². The molecule has 24 heavy (non-hydrogen) atoms. The lowest BCUT2D eigenvalue weighted by molar-refractivity contribution is -0.121. The SMILES string of the molecule is CC(NC(=O)Cc1ccc(F)c(Br)c1)c1cccc(OC(F)F)c1. The highest BCUT2D eigenvalue weighted by molar-refractivity contribution is 9.10. The number of carbonyl (C=O) groups excluding carboxylic acids is 1. The molecule has 0 aliphatic heterocycles. The monoisotopic (exact) mass is 401 g/mol. The van der Waals surface area contributed by atoms with Crippen molar-refractivity contribution >= 4 is 21.8 Å². The van der Waals surface area contributed by atoms with Gasteiger partial charge in [-0.1, -0.05) is 18.2 Å². The van der Waals surface area contributed by atoms with Crippen molar-refractivity contribution in [3.63, 3.8) is 0 Å². The highest BCUT2D eigenvalue weighted by Gasteiger charge is 2.13. The zero-order valence-electron chi connectivity index (χ0n) is 12.7. The first-order chi connectivity index (χ1) is 11.3. The van der Waals surface area contributed by atoms with Gasteiger partial charge in [-0.25, -0.2) is 4.39 Å². The predicted octanol–water partition coefficient (Wildman–Crippen LogP) is 4.61.